The number of carbonyl (C=O) groups is 1. The van der Waals surface area contributed by atoms with Gasteiger partial charge < -0.3 is 15.8 Å². The molecule has 0 spiro atoms. The number of hydrogen-bond donors (Lipinski definition) is 2. The van der Waals surface area contributed by atoms with Crippen molar-refractivity contribution in [1.29, 1.82) is 0 Å². The second-order valence-electron chi connectivity index (χ2n) is 4.55. The molecule has 0 bridgehead atoms. The number of nitrogens with two attached hydrogens (primary N) is 1. The van der Waals surface area contributed by atoms with Crippen molar-refractivity contribution in [3.63, 3.8) is 0 Å². The van der Waals surface area contributed by atoms with E-state index in [0.29, 0.717) is 18.7 Å². The SMILES string of the molecule is COC(C)(C)CNC(=O)c1cccc(CN)c1. The van der Waals surface area contributed by atoms with Crippen LogP contribution in [0.3, 0.4) is 0 Å². The van der Waals surface area contributed by atoms with Crippen LogP contribution in [0.4, 0.5) is 0 Å². The van der Waals surface area contributed by atoms with E-state index in [9.17, 15) is 4.79 Å². The summed E-state index contributed by atoms with van der Waals surface area (Å²) in [6.45, 7) is 4.74. The lowest BCUT2D eigenvalue weighted by atomic mass is 10.1. The van der Waals surface area contributed by atoms with Gasteiger partial charge in [-0.1, -0.05) is 12.1 Å². The molecule has 0 heterocycles. The number of hydrogen-bond acceptors (Lipinski definition) is 3. The molecule has 1 aromatic carbocycles. The summed E-state index contributed by atoms with van der Waals surface area (Å²) in [5.41, 5.74) is 6.74. The largest absolute Gasteiger partial charge is 0.377 e. The van der Waals surface area contributed by atoms with E-state index < -0.39 is 0 Å². The average Bonchev–Trinajstić information content (AvgIpc) is 2.36. The maximum absolute atomic E-state index is 11.9. The van der Waals surface area contributed by atoms with Gasteiger partial charge in [-0.05, 0) is 31.5 Å². The lowest BCUT2D eigenvalue weighted by Gasteiger charge is -2.23. The summed E-state index contributed by atoms with van der Waals surface area (Å²) >= 11 is 0. The van der Waals surface area contributed by atoms with E-state index >= 15 is 0 Å². The lowest BCUT2D eigenvalue weighted by molar-refractivity contribution is 0.0229. The fourth-order valence-electron chi connectivity index (χ4n) is 1.31. The van der Waals surface area contributed by atoms with Crippen molar-refractivity contribution in [2.45, 2.75) is 26.0 Å². The average molecular weight is 236 g/mol. The molecule has 17 heavy (non-hydrogen) atoms. The van der Waals surface area contributed by atoms with Crippen molar-refractivity contribution in [3.05, 3.63) is 35.4 Å². The number of ether oxygens (including phenoxy) is 1. The van der Waals surface area contributed by atoms with Gasteiger partial charge in [0.15, 0.2) is 0 Å². The van der Waals surface area contributed by atoms with Crippen molar-refractivity contribution >= 4 is 5.91 Å². The van der Waals surface area contributed by atoms with Crippen LogP contribution in [0.1, 0.15) is 29.8 Å². The van der Waals surface area contributed by atoms with Crippen LogP contribution in [0.2, 0.25) is 0 Å². The van der Waals surface area contributed by atoms with E-state index in [0.717, 1.165) is 5.56 Å². The van der Waals surface area contributed by atoms with Gasteiger partial charge in [-0.2, -0.15) is 0 Å². The summed E-state index contributed by atoms with van der Waals surface area (Å²) in [5, 5.41) is 2.84. The minimum atomic E-state index is -0.360. The van der Waals surface area contributed by atoms with Gasteiger partial charge in [0.2, 0.25) is 0 Å². The fourth-order valence-corrected chi connectivity index (χ4v) is 1.31. The van der Waals surface area contributed by atoms with E-state index in [-0.39, 0.29) is 11.5 Å². The summed E-state index contributed by atoms with van der Waals surface area (Å²) in [4.78, 5) is 11.9. The number of nitrogens with one attached hydrogen (secondary N) is 1. The molecule has 0 aromatic heterocycles. The van der Waals surface area contributed by atoms with Crippen LogP contribution in [-0.4, -0.2) is 25.2 Å². The van der Waals surface area contributed by atoms with Gasteiger partial charge >= 0.3 is 0 Å². The van der Waals surface area contributed by atoms with Crippen LogP contribution in [0.5, 0.6) is 0 Å². The highest BCUT2D eigenvalue weighted by Crippen LogP contribution is 2.07. The molecule has 0 aliphatic rings. The minimum Gasteiger partial charge on any atom is -0.377 e. The third kappa shape index (κ3) is 4.17. The van der Waals surface area contributed by atoms with E-state index in [1.54, 1.807) is 19.2 Å². The van der Waals surface area contributed by atoms with Crippen molar-refractivity contribution in [3.8, 4) is 0 Å². The highest BCUT2D eigenvalue weighted by Gasteiger charge is 2.17. The van der Waals surface area contributed by atoms with E-state index in [1.807, 2.05) is 26.0 Å². The van der Waals surface area contributed by atoms with E-state index in [4.69, 9.17) is 10.5 Å². The first-order chi connectivity index (χ1) is 7.98. The summed E-state index contributed by atoms with van der Waals surface area (Å²) in [6.07, 6.45) is 0. The molecule has 3 N–H and O–H groups in total. The van der Waals surface area contributed by atoms with Crippen molar-refractivity contribution < 1.29 is 9.53 Å². The first kappa shape index (κ1) is 13.7. The zero-order valence-corrected chi connectivity index (χ0v) is 10.6. The second kappa shape index (κ2) is 5.80. The van der Waals surface area contributed by atoms with Crippen LogP contribution in [0.15, 0.2) is 24.3 Å². The quantitative estimate of drug-likeness (QED) is 0.810. The summed E-state index contributed by atoms with van der Waals surface area (Å²) in [7, 11) is 1.63. The summed E-state index contributed by atoms with van der Waals surface area (Å²) < 4.78 is 5.23. The molecule has 1 rings (SSSR count). The molecule has 1 amide bonds. The number of carbonyl (C=O) groups excluding carboxylic acids is 1. The van der Waals surface area contributed by atoms with Crippen molar-refractivity contribution in [1.82, 2.24) is 5.32 Å². The maximum atomic E-state index is 11.9. The highest BCUT2D eigenvalue weighted by molar-refractivity contribution is 5.94. The summed E-state index contributed by atoms with van der Waals surface area (Å²) in [6, 6.07) is 7.30. The Kier molecular flexibility index (Phi) is 4.66. The van der Waals surface area contributed by atoms with Gasteiger partial charge in [-0.25, -0.2) is 0 Å². The standard InChI is InChI=1S/C13H20N2O2/c1-13(2,17-3)9-15-12(16)11-6-4-5-10(7-11)8-14/h4-7H,8-9,14H2,1-3H3,(H,15,16). The van der Waals surface area contributed by atoms with Gasteiger partial charge in [-0.3, -0.25) is 4.79 Å². The van der Waals surface area contributed by atoms with Crippen molar-refractivity contribution in [2.75, 3.05) is 13.7 Å². The Balaban J connectivity index is 2.64. The van der Waals surface area contributed by atoms with Gasteiger partial charge in [0, 0.05) is 25.8 Å². The Hall–Kier alpha value is -1.39. The molecule has 4 nitrogen and oxygen atoms in total. The van der Waals surface area contributed by atoms with Gasteiger partial charge in [0.05, 0.1) is 5.60 Å². The zero-order chi connectivity index (χ0) is 12.9. The van der Waals surface area contributed by atoms with Gasteiger partial charge in [0.1, 0.15) is 0 Å². The lowest BCUT2D eigenvalue weighted by Crippen LogP contribution is -2.39. The molecule has 4 heteroatoms. The Morgan fingerprint density at radius 2 is 2.18 bits per heavy atom. The molecule has 0 unspecified atom stereocenters. The molecule has 0 aliphatic heterocycles. The Morgan fingerprint density at radius 3 is 2.76 bits per heavy atom. The first-order valence-electron chi connectivity index (χ1n) is 5.61. The maximum Gasteiger partial charge on any atom is 0.251 e. The number of amides is 1. The smallest absolute Gasteiger partial charge is 0.251 e. The van der Waals surface area contributed by atoms with Crippen LogP contribution < -0.4 is 11.1 Å². The third-order valence-electron chi connectivity index (χ3n) is 2.65. The molecular weight excluding hydrogens is 216 g/mol. The topological polar surface area (TPSA) is 64.3 Å². The van der Waals surface area contributed by atoms with Crippen LogP contribution in [0, 0.1) is 0 Å². The summed E-state index contributed by atoms with van der Waals surface area (Å²) in [5.74, 6) is -0.106. The zero-order valence-electron chi connectivity index (χ0n) is 10.6. The third-order valence-corrected chi connectivity index (χ3v) is 2.65. The Labute approximate surface area is 102 Å². The van der Waals surface area contributed by atoms with Gasteiger partial charge in [0.25, 0.3) is 5.91 Å². The highest BCUT2D eigenvalue weighted by atomic mass is 16.5. The number of methoxy groups -OCH3 is 1. The molecule has 0 saturated heterocycles. The molecule has 0 fully saturated rings. The second-order valence-corrected chi connectivity index (χ2v) is 4.55. The van der Waals surface area contributed by atoms with Crippen LogP contribution >= 0.6 is 0 Å². The van der Waals surface area contributed by atoms with Gasteiger partial charge in [-0.15, -0.1) is 0 Å². The Bertz CT molecular complexity index is 389. The monoisotopic (exact) mass is 236 g/mol. The molecule has 0 saturated carbocycles. The van der Waals surface area contributed by atoms with Crippen LogP contribution in [-0.2, 0) is 11.3 Å². The molecule has 94 valence electrons. The minimum absolute atomic E-state index is 0.106. The predicted molar refractivity (Wildman–Crippen MR) is 67.8 cm³/mol. The normalized spacial score (nSPS) is 11.3. The molecular formula is C13H20N2O2. The van der Waals surface area contributed by atoms with E-state index in [1.165, 1.54) is 0 Å². The number of rotatable bonds is 5. The molecule has 1 aromatic rings. The first-order valence-corrected chi connectivity index (χ1v) is 5.61. The molecule has 0 atom stereocenters. The van der Waals surface area contributed by atoms with Crippen molar-refractivity contribution in [2.24, 2.45) is 5.73 Å². The van der Waals surface area contributed by atoms with Crippen LogP contribution in [0.25, 0.3) is 0 Å². The molecule has 0 radical (unpaired) electrons. The Morgan fingerprint density at radius 1 is 1.47 bits per heavy atom. The van der Waals surface area contributed by atoms with E-state index in [2.05, 4.69) is 5.32 Å². The fraction of sp³-hybridized carbons (Fsp3) is 0.462. The molecule has 0 aliphatic carbocycles. The predicted octanol–water partition coefficient (Wildman–Crippen LogP) is 1.30. The number of benzene rings is 1.